The third kappa shape index (κ3) is 1.73. The fraction of sp³-hybridized carbons (Fsp3) is 0.952. The monoisotopic (exact) mass is 348 g/mol. The maximum absolute atomic E-state index is 12.3. The molecule has 1 spiro atoms. The molecule has 4 nitrogen and oxygen atoms in total. The smallest absolute Gasteiger partial charge is 0.166 e. The van der Waals surface area contributed by atoms with E-state index in [9.17, 15) is 15.0 Å². The largest absolute Gasteiger partial charge is 0.390 e. The Labute approximate surface area is 150 Å². The van der Waals surface area contributed by atoms with Crippen molar-refractivity contribution >= 4 is 5.78 Å². The summed E-state index contributed by atoms with van der Waals surface area (Å²) in [6, 6.07) is 0. The molecule has 140 valence electrons. The van der Waals surface area contributed by atoms with E-state index in [-0.39, 0.29) is 28.4 Å². The van der Waals surface area contributed by atoms with Gasteiger partial charge in [-0.2, -0.15) is 0 Å². The number of ketones is 1. The molecule has 0 aromatic rings. The van der Waals surface area contributed by atoms with Gasteiger partial charge in [-0.1, -0.05) is 13.8 Å². The lowest BCUT2D eigenvalue weighted by molar-refractivity contribution is -0.436. The van der Waals surface area contributed by atoms with Crippen LogP contribution in [0, 0.1) is 34.5 Å². The molecular formula is C21H32O4. The summed E-state index contributed by atoms with van der Waals surface area (Å²) in [6.07, 6.45) is 6.61. The summed E-state index contributed by atoms with van der Waals surface area (Å²) in [4.78, 5) is 12.3. The van der Waals surface area contributed by atoms with Crippen LogP contribution in [0.2, 0.25) is 0 Å². The van der Waals surface area contributed by atoms with Crippen LogP contribution in [0.3, 0.4) is 0 Å². The van der Waals surface area contributed by atoms with Crippen LogP contribution in [0.4, 0.5) is 0 Å². The summed E-state index contributed by atoms with van der Waals surface area (Å²) in [5.74, 6) is 0.426. The average Bonchev–Trinajstić information content (AvgIpc) is 2.85. The van der Waals surface area contributed by atoms with Gasteiger partial charge < -0.3 is 14.9 Å². The summed E-state index contributed by atoms with van der Waals surface area (Å²) in [7, 11) is 0. The summed E-state index contributed by atoms with van der Waals surface area (Å²) in [6.45, 7) is 6.26. The second-order valence-electron chi connectivity index (χ2n) is 10.4. The molecule has 0 aromatic carbocycles. The van der Waals surface area contributed by atoms with Gasteiger partial charge in [-0.25, -0.2) is 0 Å². The van der Waals surface area contributed by atoms with Crippen LogP contribution in [-0.2, 0) is 9.53 Å². The molecule has 6 aliphatic rings. The van der Waals surface area contributed by atoms with Gasteiger partial charge in [-0.05, 0) is 68.6 Å². The van der Waals surface area contributed by atoms with E-state index >= 15 is 0 Å². The lowest BCUT2D eigenvalue weighted by Gasteiger charge is -2.74. The summed E-state index contributed by atoms with van der Waals surface area (Å²) >= 11 is 0. The molecule has 2 saturated heterocycles. The number of rotatable bonds is 1. The SMILES string of the molecule is CC(=O)C1CC[C@H]2[C@@H]3CCC4C[C@]5(O)CC[C@]4(C)[C@]3(O5)[C@H](O)C[C@]12C. The normalized spacial score (nSPS) is 62.4. The van der Waals surface area contributed by atoms with Gasteiger partial charge in [0, 0.05) is 24.2 Å². The van der Waals surface area contributed by atoms with Crippen molar-refractivity contribution in [1.29, 1.82) is 0 Å². The fourth-order valence-corrected chi connectivity index (χ4v) is 8.57. The van der Waals surface area contributed by atoms with Crippen molar-refractivity contribution in [2.24, 2.45) is 34.5 Å². The Morgan fingerprint density at radius 2 is 1.76 bits per heavy atom. The molecule has 2 heterocycles. The van der Waals surface area contributed by atoms with E-state index in [4.69, 9.17) is 4.74 Å². The highest BCUT2D eigenvalue weighted by atomic mass is 16.7. The first-order valence-corrected chi connectivity index (χ1v) is 10.3. The van der Waals surface area contributed by atoms with Crippen molar-refractivity contribution in [1.82, 2.24) is 0 Å². The summed E-state index contributed by atoms with van der Waals surface area (Å²) in [5.41, 5.74) is -0.778. The van der Waals surface area contributed by atoms with Crippen LogP contribution in [-0.4, -0.2) is 33.5 Å². The van der Waals surface area contributed by atoms with Gasteiger partial charge in [0.15, 0.2) is 5.79 Å². The molecule has 0 radical (unpaired) electrons. The number of ether oxygens (including phenoxy) is 1. The predicted molar refractivity (Wildman–Crippen MR) is 92.6 cm³/mol. The number of hydrogen-bond donors (Lipinski definition) is 2. The highest BCUT2D eigenvalue weighted by Gasteiger charge is 2.76. The zero-order valence-electron chi connectivity index (χ0n) is 15.8. The molecule has 2 N–H and O–H groups in total. The molecule has 9 atom stereocenters. The molecule has 0 amide bonds. The molecule has 6 rings (SSSR count). The third-order valence-corrected chi connectivity index (χ3v) is 9.64. The maximum Gasteiger partial charge on any atom is 0.166 e. The molecule has 6 fully saturated rings. The number of aliphatic hydroxyl groups is 2. The first kappa shape index (κ1) is 16.7. The van der Waals surface area contributed by atoms with E-state index in [2.05, 4.69) is 13.8 Å². The Hall–Kier alpha value is -0.450. The third-order valence-electron chi connectivity index (χ3n) is 9.64. The lowest BCUT2D eigenvalue weighted by atomic mass is 9.39. The van der Waals surface area contributed by atoms with Gasteiger partial charge in [-0.15, -0.1) is 0 Å². The van der Waals surface area contributed by atoms with Crippen molar-refractivity contribution in [2.45, 2.75) is 89.6 Å². The quantitative estimate of drug-likeness (QED) is 0.764. The van der Waals surface area contributed by atoms with Gasteiger partial charge in [0.05, 0.1) is 6.10 Å². The van der Waals surface area contributed by atoms with E-state index in [0.29, 0.717) is 24.7 Å². The van der Waals surface area contributed by atoms with Crippen molar-refractivity contribution in [2.75, 3.05) is 0 Å². The minimum atomic E-state index is -1.05. The first-order chi connectivity index (χ1) is 11.7. The molecule has 4 heteroatoms. The topological polar surface area (TPSA) is 66.8 Å². The molecule has 4 bridgehead atoms. The van der Waals surface area contributed by atoms with Crippen molar-refractivity contribution in [3.8, 4) is 0 Å². The molecular weight excluding hydrogens is 316 g/mol. The van der Waals surface area contributed by atoms with Crippen LogP contribution in [0.15, 0.2) is 0 Å². The van der Waals surface area contributed by atoms with Crippen LogP contribution in [0.5, 0.6) is 0 Å². The second-order valence-corrected chi connectivity index (χ2v) is 10.4. The highest BCUT2D eigenvalue weighted by molar-refractivity contribution is 5.79. The lowest BCUT2D eigenvalue weighted by Crippen LogP contribution is -2.78. The standard InChI is InChI=1S/C21H32O4/c1-12(22)14-6-7-15-16-5-4-13-10-20(24)9-8-19(13,3)21(16,25-20)17(23)11-18(14,15)2/h13-17,23-24H,4-11H2,1-3H3/t13?,14?,15-,16-,17+,18+,19-,20-,21+/m0/s1. The molecule has 0 aromatic heterocycles. The van der Waals surface area contributed by atoms with Crippen LogP contribution < -0.4 is 0 Å². The molecule has 2 aliphatic heterocycles. The van der Waals surface area contributed by atoms with Gasteiger partial charge in [0.1, 0.15) is 11.4 Å². The molecule has 4 saturated carbocycles. The molecule has 2 unspecified atom stereocenters. The van der Waals surface area contributed by atoms with Gasteiger partial charge in [0.25, 0.3) is 0 Å². The van der Waals surface area contributed by atoms with Gasteiger partial charge in [-0.3, -0.25) is 4.79 Å². The van der Waals surface area contributed by atoms with Crippen molar-refractivity contribution in [3.63, 3.8) is 0 Å². The Morgan fingerprint density at radius 1 is 1.04 bits per heavy atom. The predicted octanol–water partition coefficient (Wildman–Crippen LogP) is 3.05. The first-order valence-electron chi connectivity index (χ1n) is 10.3. The number of hydrogen-bond acceptors (Lipinski definition) is 4. The van der Waals surface area contributed by atoms with E-state index in [1.54, 1.807) is 6.92 Å². The van der Waals surface area contributed by atoms with Gasteiger partial charge >= 0.3 is 0 Å². The highest BCUT2D eigenvalue weighted by Crippen LogP contribution is 2.74. The number of carbonyl (C=O) groups is 1. The fourth-order valence-electron chi connectivity index (χ4n) is 8.57. The van der Waals surface area contributed by atoms with E-state index in [1.165, 1.54) is 0 Å². The van der Waals surface area contributed by atoms with Crippen LogP contribution >= 0.6 is 0 Å². The van der Waals surface area contributed by atoms with Crippen molar-refractivity contribution < 1.29 is 19.7 Å². The van der Waals surface area contributed by atoms with Gasteiger partial charge in [0.2, 0.25) is 0 Å². The molecule has 4 aliphatic carbocycles. The van der Waals surface area contributed by atoms with Crippen LogP contribution in [0.1, 0.15) is 72.1 Å². The molecule has 25 heavy (non-hydrogen) atoms. The van der Waals surface area contributed by atoms with Crippen molar-refractivity contribution in [3.05, 3.63) is 0 Å². The minimum Gasteiger partial charge on any atom is -0.390 e. The summed E-state index contributed by atoms with van der Waals surface area (Å²) < 4.78 is 6.52. The summed E-state index contributed by atoms with van der Waals surface area (Å²) in [5, 5.41) is 22.5. The Bertz CT molecular complexity index is 633. The van der Waals surface area contributed by atoms with E-state index in [0.717, 1.165) is 38.5 Å². The number of carbonyl (C=O) groups excluding carboxylic acids is 1. The zero-order chi connectivity index (χ0) is 17.8. The Balaban J connectivity index is 1.63. The van der Waals surface area contributed by atoms with E-state index < -0.39 is 17.5 Å². The Kier molecular flexibility index (Phi) is 3.13. The minimum absolute atomic E-state index is 0.0462. The average molecular weight is 348 g/mol. The Morgan fingerprint density at radius 3 is 2.48 bits per heavy atom. The number of Topliss-reactive ketones (excluding diaryl/α,β-unsaturated/α-hetero) is 1. The maximum atomic E-state index is 12.3. The number of fused-ring (bicyclic) bond motifs is 3. The van der Waals surface area contributed by atoms with Crippen LogP contribution in [0.25, 0.3) is 0 Å². The van der Waals surface area contributed by atoms with E-state index in [1.807, 2.05) is 0 Å². The number of aliphatic hydroxyl groups excluding tert-OH is 1. The zero-order valence-corrected chi connectivity index (χ0v) is 15.8. The second kappa shape index (κ2) is 4.69.